The monoisotopic (exact) mass is 404 g/mol. The Morgan fingerprint density at radius 3 is 2.62 bits per heavy atom. The van der Waals surface area contributed by atoms with E-state index in [-0.39, 0.29) is 5.91 Å². The Labute approximate surface area is 153 Å². The highest BCUT2D eigenvalue weighted by molar-refractivity contribution is 9.10. The van der Waals surface area contributed by atoms with Crippen molar-refractivity contribution in [3.8, 4) is 5.75 Å². The minimum atomic E-state index is -1.01. The Bertz CT molecular complexity index is 888. The van der Waals surface area contributed by atoms with Gasteiger partial charge in [-0.15, -0.1) is 0 Å². The summed E-state index contributed by atoms with van der Waals surface area (Å²) < 4.78 is 7.84. The van der Waals surface area contributed by atoms with E-state index in [1.807, 2.05) is 43.3 Å². The summed E-state index contributed by atoms with van der Waals surface area (Å²) in [7, 11) is 0. The summed E-state index contributed by atoms with van der Waals surface area (Å²) in [6, 6.07) is 13.4. The summed E-state index contributed by atoms with van der Waals surface area (Å²) in [5.41, 5.74) is 1.04. The van der Waals surface area contributed by atoms with Gasteiger partial charge in [-0.3, -0.25) is 10.1 Å². The zero-order chi connectivity index (χ0) is 17.3. The van der Waals surface area contributed by atoms with Gasteiger partial charge >= 0.3 is 0 Å². The normalized spacial score (nSPS) is 11.5. The van der Waals surface area contributed by atoms with Crippen LogP contribution in [0.4, 0.5) is 5.13 Å². The molecular weight excluding hydrogens is 388 g/mol. The number of anilines is 1. The van der Waals surface area contributed by atoms with E-state index < -0.39 is 5.60 Å². The lowest BCUT2D eigenvalue weighted by Crippen LogP contribution is -2.42. The Balaban J connectivity index is 1.75. The fourth-order valence-corrected chi connectivity index (χ4v) is 3.40. The van der Waals surface area contributed by atoms with Gasteiger partial charge in [-0.1, -0.05) is 33.3 Å². The van der Waals surface area contributed by atoms with Gasteiger partial charge in [0.1, 0.15) is 5.75 Å². The Morgan fingerprint density at radius 2 is 1.92 bits per heavy atom. The maximum absolute atomic E-state index is 12.6. The summed E-state index contributed by atoms with van der Waals surface area (Å²) >= 11 is 4.84. The van der Waals surface area contributed by atoms with E-state index >= 15 is 0 Å². The van der Waals surface area contributed by atoms with E-state index in [0.29, 0.717) is 10.9 Å². The molecule has 0 aliphatic carbocycles. The highest BCUT2D eigenvalue weighted by Gasteiger charge is 2.30. The molecule has 24 heavy (non-hydrogen) atoms. The molecule has 0 atom stereocenters. The number of benzene rings is 2. The molecule has 0 unspecified atom stereocenters. The molecule has 0 spiro atoms. The standard InChI is InChI=1S/C18H17BrN2O2S/c1-11-4-9-14-15(10-11)24-17(20-14)21-16(22)18(2,3)23-13-7-5-12(19)6-8-13/h4-10H,1-3H3,(H,20,21,22). The average molecular weight is 405 g/mol. The topological polar surface area (TPSA) is 51.2 Å². The zero-order valence-corrected chi connectivity index (χ0v) is 16.0. The minimum absolute atomic E-state index is 0.235. The number of halogens is 1. The fourth-order valence-electron chi connectivity index (χ4n) is 2.18. The molecule has 0 radical (unpaired) electrons. The van der Waals surface area contributed by atoms with Gasteiger partial charge in [0.05, 0.1) is 10.2 Å². The van der Waals surface area contributed by atoms with E-state index in [2.05, 4.69) is 32.3 Å². The number of amides is 1. The predicted octanol–water partition coefficient (Wildman–Crippen LogP) is 5.16. The van der Waals surface area contributed by atoms with Gasteiger partial charge in [-0.25, -0.2) is 4.98 Å². The quantitative estimate of drug-likeness (QED) is 0.652. The molecule has 4 nitrogen and oxygen atoms in total. The van der Waals surface area contributed by atoms with Gasteiger partial charge in [0, 0.05) is 4.47 Å². The van der Waals surface area contributed by atoms with Crippen LogP contribution in [0, 0.1) is 6.92 Å². The summed E-state index contributed by atoms with van der Waals surface area (Å²) in [5.74, 6) is 0.402. The van der Waals surface area contributed by atoms with Crippen molar-refractivity contribution in [1.29, 1.82) is 0 Å². The van der Waals surface area contributed by atoms with Crippen molar-refractivity contribution < 1.29 is 9.53 Å². The Hall–Kier alpha value is -1.92. The molecule has 1 amide bonds. The lowest BCUT2D eigenvalue weighted by atomic mass is 10.1. The van der Waals surface area contributed by atoms with Crippen molar-refractivity contribution in [2.45, 2.75) is 26.4 Å². The predicted molar refractivity (Wildman–Crippen MR) is 102 cm³/mol. The largest absolute Gasteiger partial charge is 0.478 e. The Morgan fingerprint density at radius 1 is 1.21 bits per heavy atom. The molecule has 6 heteroatoms. The fraction of sp³-hybridized carbons (Fsp3) is 0.222. The number of hydrogen-bond donors (Lipinski definition) is 1. The molecule has 124 valence electrons. The van der Waals surface area contributed by atoms with Crippen molar-refractivity contribution >= 4 is 48.5 Å². The second-order valence-corrected chi connectivity index (χ2v) is 7.96. The maximum Gasteiger partial charge on any atom is 0.269 e. The van der Waals surface area contributed by atoms with E-state index in [1.54, 1.807) is 13.8 Å². The van der Waals surface area contributed by atoms with Crippen LogP contribution < -0.4 is 10.1 Å². The van der Waals surface area contributed by atoms with Crippen LogP contribution in [0.5, 0.6) is 5.75 Å². The lowest BCUT2D eigenvalue weighted by Gasteiger charge is -2.24. The zero-order valence-electron chi connectivity index (χ0n) is 13.6. The van der Waals surface area contributed by atoms with E-state index in [0.717, 1.165) is 14.7 Å². The van der Waals surface area contributed by atoms with Crippen LogP contribution in [0.3, 0.4) is 0 Å². The number of rotatable bonds is 4. The molecule has 2 aromatic carbocycles. The van der Waals surface area contributed by atoms with Crippen LogP contribution in [0.15, 0.2) is 46.9 Å². The molecule has 1 N–H and O–H groups in total. The van der Waals surface area contributed by atoms with Gasteiger partial charge in [-0.2, -0.15) is 0 Å². The molecule has 0 fully saturated rings. The molecule has 0 saturated heterocycles. The number of carbonyl (C=O) groups is 1. The van der Waals surface area contributed by atoms with E-state index in [4.69, 9.17) is 4.74 Å². The number of thiazole rings is 1. The SMILES string of the molecule is Cc1ccc2nc(NC(=O)C(C)(C)Oc3ccc(Br)cc3)sc2c1. The third-order valence-electron chi connectivity index (χ3n) is 3.50. The molecule has 0 bridgehead atoms. The van der Waals surface area contributed by atoms with Gasteiger partial charge in [0.25, 0.3) is 5.91 Å². The van der Waals surface area contributed by atoms with Crippen LogP contribution in [-0.4, -0.2) is 16.5 Å². The molecule has 1 heterocycles. The Kier molecular flexibility index (Phi) is 4.60. The third kappa shape index (κ3) is 3.76. The molecule has 0 saturated carbocycles. The van der Waals surface area contributed by atoms with Crippen molar-refractivity contribution in [2.24, 2.45) is 0 Å². The molecule has 0 aliphatic rings. The minimum Gasteiger partial charge on any atom is -0.478 e. The van der Waals surface area contributed by atoms with Crippen LogP contribution in [-0.2, 0) is 4.79 Å². The number of fused-ring (bicyclic) bond motifs is 1. The van der Waals surface area contributed by atoms with Crippen LogP contribution in [0.25, 0.3) is 10.2 Å². The van der Waals surface area contributed by atoms with Crippen molar-refractivity contribution in [3.63, 3.8) is 0 Å². The van der Waals surface area contributed by atoms with Crippen molar-refractivity contribution in [2.75, 3.05) is 5.32 Å². The highest BCUT2D eigenvalue weighted by atomic mass is 79.9. The van der Waals surface area contributed by atoms with E-state index in [9.17, 15) is 4.79 Å². The van der Waals surface area contributed by atoms with Crippen LogP contribution in [0.1, 0.15) is 19.4 Å². The van der Waals surface area contributed by atoms with Gasteiger partial charge in [0.15, 0.2) is 10.7 Å². The number of nitrogens with zero attached hydrogens (tertiary/aromatic N) is 1. The number of hydrogen-bond acceptors (Lipinski definition) is 4. The number of aryl methyl sites for hydroxylation is 1. The summed E-state index contributed by atoms with van der Waals surface area (Å²) in [4.78, 5) is 17.0. The van der Waals surface area contributed by atoms with Gasteiger partial charge in [-0.05, 0) is 62.7 Å². The first-order chi connectivity index (χ1) is 11.3. The first-order valence-electron chi connectivity index (χ1n) is 7.47. The number of ether oxygens (including phenoxy) is 1. The molecule has 1 aromatic heterocycles. The maximum atomic E-state index is 12.6. The van der Waals surface area contributed by atoms with Crippen LogP contribution in [0.2, 0.25) is 0 Å². The first-order valence-corrected chi connectivity index (χ1v) is 9.08. The second kappa shape index (κ2) is 6.53. The summed E-state index contributed by atoms with van der Waals surface area (Å²) in [5, 5.41) is 3.43. The lowest BCUT2D eigenvalue weighted by molar-refractivity contribution is -0.128. The second-order valence-electron chi connectivity index (χ2n) is 6.01. The summed E-state index contributed by atoms with van der Waals surface area (Å²) in [6.07, 6.45) is 0. The molecular formula is C18H17BrN2O2S. The summed E-state index contributed by atoms with van der Waals surface area (Å²) in [6.45, 7) is 5.51. The van der Waals surface area contributed by atoms with Gasteiger partial charge in [0.2, 0.25) is 0 Å². The van der Waals surface area contributed by atoms with E-state index in [1.165, 1.54) is 16.9 Å². The number of aromatic nitrogens is 1. The highest BCUT2D eigenvalue weighted by Crippen LogP contribution is 2.28. The third-order valence-corrected chi connectivity index (χ3v) is 4.96. The van der Waals surface area contributed by atoms with Crippen molar-refractivity contribution in [3.05, 3.63) is 52.5 Å². The van der Waals surface area contributed by atoms with Crippen LogP contribution >= 0.6 is 27.3 Å². The molecule has 3 rings (SSSR count). The first kappa shape index (κ1) is 16.9. The van der Waals surface area contributed by atoms with Crippen molar-refractivity contribution in [1.82, 2.24) is 4.98 Å². The molecule has 0 aliphatic heterocycles. The smallest absolute Gasteiger partial charge is 0.269 e. The molecule has 3 aromatic rings. The van der Waals surface area contributed by atoms with Gasteiger partial charge < -0.3 is 4.74 Å². The number of carbonyl (C=O) groups excluding carboxylic acids is 1. The average Bonchev–Trinajstić information content (AvgIpc) is 2.90. The number of nitrogens with one attached hydrogen (secondary N) is 1.